The molecule has 124 valence electrons. The van der Waals surface area contributed by atoms with E-state index in [1.54, 1.807) is 12.1 Å². The minimum absolute atomic E-state index is 0.201. The molecule has 0 saturated carbocycles. The third kappa shape index (κ3) is 3.16. The summed E-state index contributed by atoms with van der Waals surface area (Å²) in [6.07, 6.45) is 0. The molecule has 24 heavy (non-hydrogen) atoms. The molecule has 0 bridgehead atoms. The van der Waals surface area contributed by atoms with Crippen molar-refractivity contribution in [2.45, 2.75) is 4.43 Å². The van der Waals surface area contributed by atoms with Gasteiger partial charge in [-0.3, -0.25) is 10.1 Å². The molecule has 2 aromatic carbocycles. The van der Waals surface area contributed by atoms with Gasteiger partial charge in [0.25, 0.3) is 0 Å². The fraction of sp³-hybridized carbons (Fsp3) is 0.133. The lowest BCUT2D eigenvalue weighted by Gasteiger charge is -2.20. The Kier molecular flexibility index (Phi) is 4.60. The molecule has 1 heterocycles. The third-order valence-electron chi connectivity index (χ3n) is 3.50. The van der Waals surface area contributed by atoms with Crippen LogP contribution in [-0.4, -0.2) is 17.4 Å². The lowest BCUT2D eigenvalue weighted by Crippen LogP contribution is -2.23. The van der Waals surface area contributed by atoms with Crippen molar-refractivity contribution in [3.8, 4) is 0 Å². The highest BCUT2D eigenvalue weighted by atomic mass is 127. The van der Waals surface area contributed by atoms with Crippen LogP contribution < -0.4 is 10.6 Å². The van der Waals surface area contributed by atoms with Crippen LogP contribution in [0.4, 0.5) is 25.8 Å². The van der Waals surface area contributed by atoms with Crippen molar-refractivity contribution in [1.82, 2.24) is 0 Å². The van der Waals surface area contributed by atoms with E-state index < -0.39 is 16.4 Å². The number of nitro benzene ring substituents is 1. The number of alkyl halides is 1. The molecule has 0 spiro atoms. The number of halogens is 3. The van der Waals surface area contributed by atoms with Gasteiger partial charge in [0.05, 0.1) is 4.92 Å². The SMILES string of the molecule is O=[N+]([O-])c1cc2c(cc1F)NCN=C2Nc1ccc(F)c(CI)c1. The van der Waals surface area contributed by atoms with Gasteiger partial charge in [0.15, 0.2) is 0 Å². The first-order chi connectivity index (χ1) is 11.5. The molecular weight excluding hydrogens is 433 g/mol. The lowest BCUT2D eigenvalue weighted by atomic mass is 10.1. The molecule has 6 nitrogen and oxygen atoms in total. The van der Waals surface area contributed by atoms with Gasteiger partial charge in [0, 0.05) is 33.5 Å². The molecule has 0 amide bonds. The summed E-state index contributed by atoms with van der Waals surface area (Å²) < 4.78 is 27.8. The summed E-state index contributed by atoms with van der Waals surface area (Å²) in [5.74, 6) is -0.861. The zero-order valence-electron chi connectivity index (χ0n) is 12.1. The first-order valence-corrected chi connectivity index (χ1v) is 8.40. The summed E-state index contributed by atoms with van der Waals surface area (Å²) in [6, 6.07) is 6.74. The molecule has 0 aliphatic carbocycles. The monoisotopic (exact) mass is 444 g/mol. The van der Waals surface area contributed by atoms with Crippen molar-refractivity contribution in [3.05, 3.63) is 63.2 Å². The molecule has 1 aliphatic rings. The predicted molar refractivity (Wildman–Crippen MR) is 95.8 cm³/mol. The fourth-order valence-corrected chi connectivity index (χ4v) is 2.92. The van der Waals surface area contributed by atoms with Gasteiger partial charge in [-0.25, -0.2) is 9.38 Å². The van der Waals surface area contributed by atoms with Crippen molar-refractivity contribution < 1.29 is 13.7 Å². The Morgan fingerprint density at radius 2 is 2.08 bits per heavy atom. The molecule has 0 aromatic heterocycles. The topological polar surface area (TPSA) is 79.6 Å². The molecule has 0 atom stereocenters. The molecule has 0 radical (unpaired) electrons. The normalized spacial score (nSPS) is 12.9. The summed E-state index contributed by atoms with van der Waals surface area (Å²) in [6.45, 7) is 0.201. The van der Waals surface area contributed by atoms with Crippen LogP contribution in [-0.2, 0) is 4.43 Å². The third-order valence-corrected chi connectivity index (χ3v) is 4.32. The number of fused-ring (bicyclic) bond motifs is 1. The Morgan fingerprint density at radius 3 is 2.79 bits per heavy atom. The molecule has 9 heteroatoms. The Morgan fingerprint density at radius 1 is 1.29 bits per heavy atom. The number of nitrogens with zero attached hydrogens (tertiary/aromatic N) is 2. The second-order valence-electron chi connectivity index (χ2n) is 5.01. The first kappa shape index (κ1) is 16.6. The van der Waals surface area contributed by atoms with Crippen LogP contribution in [0.1, 0.15) is 11.1 Å². The van der Waals surface area contributed by atoms with Crippen molar-refractivity contribution in [2.24, 2.45) is 4.99 Å². The first-order valence-electron chi connectivity index (χ1n) is 6.87. The van der Waals surface area contributed by atoms with Crippen molar-refractivity contribution >= 4 is 45.5 Å². The second kappa shape index (κ2) is 6.67. The maximum absolute atomic E-state index is 13.7. The molecule has 3 rings (SSSR count). The van der Waals surface area contributed by atoms with Gasteiger partial charge >= 0.3 is 5.69 Å². The van der Waals surface area contributed by atoms with E-state index in [1.165, 1.54) is 6.07 Å². The summed E-state index contributed by atoms with van der Waals surface area (Å²) in [4.78, 5) is 14.4. The highest BCUT2D eigenvalue weighted by Crippen LogP contribution is 2.29. The highest BCUT2D eigenvalue weighted by molar-refractivity contribution is 14.1. The van der Waals surface area contributed by atoms with E-state index in [2.05, 4.69) is 38.2 Å². The summed E-state index contributed by atoms with van der Waals surface area (Å²) in [5.41, 5.74) is 1.29. The van der Waals surface area contributed by atoms with Crippen LogP contribution in [0.25, 0.3) is 0 Å². The van der Waals surface area contributed by atoms with Gasteiger partial charge in [-0.15, -0.1) is 0 Å². The average molecular weight is 444 g/mol. The zero-order valence-corrected chi connectivity index (χ0v) is 14.3. The minimum atomic E-state index is -0.915. The maximum atomic E-state index is 13.7. The Bertz CT molecular complexity index is 858. The second-order valence-corrected chi connectivity index (χ2v) is 5.78. The summed E-state index contributed by atoms with van der Waals surface area (Å²) >= 11 is 2.06. The van der Waals surface area contributed by atoms with Crippen LogP contribution in [0.15, 0.2) is 35.3 Å². The van der Waals surface area contributed by atoms with Crippen molar-refractivity contribution in [3.63, 3.8) is 0 Å². The van der Waals surface area contributed by atoms with E-state index in [1.807, 2.05) is 0 Å². The van der Waals surface area contributed by atoms with Crippen molar-refractivity contribution in [1.29, 1.82) is 0 Å². The van der Waals surface area contributed by atoms with Crippen molar-refractivity contribution in [2.75, 3.05) is 17.3 Å². The molecule has 0 saturated heterocycles. The Hall–Kier alpha value is -2.30. The number of hydrogen-bond acceptors (Lipinski definition) is 5. The maximum Gasteiger partial charge on any atom is 0.305 e. The van der Waals surface area contributed by atoms with Gasteiger partial charge in [-0.1, -0.05) is 22.6 Å². The van der Waals surface area contributed by atoms with Gasteiger partial charge in [-0.05, 0) is 23.8 Å². The number of rotatable bonds is 3. The number of amidine groups is 1. The Labute approximate surface area is 149 Å². The summed E-state index contributed by atoms with van der Waals surface area (Å²) in [5, 5.41) is 16.8. The number of nitrogens with one attached hydrogen (secondary N) is 2. The molecule has 0 fully saturated rings. The van der Waals surface area contributed by atoms with E-state index in [0.717, 1.165) is 12.1 Å². The minimum Gasteiger partial charge on any atom is -0.366 e. The highest BCUT2D eigenvalue weighted by Gasteiger charge is 2.23. The van der Waals surface area contributed by atoms with Gasteiger partial charge in [0.2, 0.25) is 5.82 Å². The Balaban J connectivity index is 1.98. The number of benzene rings is 2. The van der Waals surface area contributed by atoms with E-state index in [9.17, 15) is 18.9 Å². The van der Waals surface area contributed by atoms with E-state index in [4.69, 9.17) is 0 Å². The van der Waals surface area contributed by atoms with Gasteiger partial charge < -0.3 is 10.6 Å². The molecule has 2 N–H and O–H groups in total. The van der Waals surface area contributed by atoms with Crippen LogP contribution in [0.5, 0.6) is 0 Å². The summed E-state index contributed by atoms with van der Waals surface area (Å²) in [7, 11) is 0. The lowest BCUT2D eigenvalue weighted by molar-refractivity contribution is -0.387. The van der Waals surface area contributed by atoms with Crippen LogP contribution in [0.2, 0.25) is 0 Å². The largest absolute Gasteiger partial charge is 0.366 e. The van der Waals surface area contributed by atoms with Crippen LogP contribution in [0, 0.1) is 21.7 Å². The zero-order chi connectivity index (χ0) is 17.3. The number of nitro groups is 1. The van der Waals surface area contributed by atoms with Crippen LogP contribution >= 0.6 is 22.6 Å². The standard InChI is InChI=1S/C15H11F2IN4O2/c16-11-2-1-9(3-8(11)6-18)21-15-10-4-14(22(23)24)12(17)5-13(10)19-7-20-15/h1-5,19H,6-7H2,(H,20,21). The number of aliphatic imine (C=N–C) groups is 1. The number of hydrogen-bond donors (Lipinski definition) is 2. The van der Waals surface area contributed by atoms with E-state index in [-0.39, 0.29) is 12.5 Å². The average Bonchev–Trinajstić information content (AvgIpc) is 2.56. The number of anilines is 2. The van der Waals surface area contributed by atoms with Crippen LogP contribution in [0.3, 0.4) is 0 Å². The molecule has 1 aliphatic heterocycles. The smallest absolute Gasteiger partial charge is 0.305 e. The molecular formula is C15H11F2IN4O2. The fourth-order valence-electron chi connectivity index (χ4n) is 2.33. The van der Waals surface area contributed by atoms with Gasteiger partial charge in [-0.2, -0.15) is 4.39 Å². The molecule has 0 unspecified atom stereocenters. The van der Waals surface area contributed by atoms with Gasteiger partial charge in [0.1, 0.15) is 18.3 Å². The quantitative estimate of drug-likeness (QED) is 0.324. The van der Waals surface area contributed by atoms with E-state index in [0.29, 0.717) is 32.8 Å². The predicted octanol–water partition coefficient (Wildman–Crippen LogP) is 4.05. The molecule has 2 aromatic rings. The van der Waals surface area contributed by atoms with E-state index >= 15 is 0 Å².